The summed E-state index contributed by atoms with van der Waals surface area (Å²) in [4.78, 5) is 11.4. The van der Waals surface area contributed by atoms with Crippen molar-refractivity contribution in [2.24, 2.45) is 0 Å². The minimum Gasteiger partial charge on any atom is -0.335 e. The monoisotopic (exact) mass is 194 g/mol. The minimum absolute atomic E-state index is 0.0569. The Morgan fingerprint density at radius 2 is 2.21 bits per heavy atom. The number of rotatable bonds is 3. The van der Waals surface area contributed by atoms with E-state index in [0.717, 1.165) is 12.8 Å². The molecule has 0 radical (unpaired) electrons. The van der Waals surface area contributed by atoms with Gasteiger partial charge in [0.2, 0.25) is 0 Å². The van der Waals surface area contributed by atoms with Crippen molar-refractivity contribution in [3.63, 3.8) is 0 Å². The number of hydrogen-bond donors (Lipinski definition) is 2. The van der Waals surface area contributed by atoms with Gasteiger partial charge in [0.15, 0.2) is 0 Å². The third kappa shape index (κ3) is 3.69. The van der Waals surface area contributed by atoms with Crippen LogP contribution in [0.4, 0.5) is 4.79 Å². The SMILES string of the molecule is C#CCC(C)NC(=O)NC1CCCC1. The lowest BCUT2D eigenvalue weighted by Gasteiger charge is -2.15. The van der Waals surface area contributed by atoms with Crippen LogP contribution in [0.5, 0.6) is 0 Å². The molecule has 0 aliphatic heterocycles. The zero-order valence-corrected chi connectivity index (χ0v) is 8.68. The fraction of sp³-hybridized carbons (Fsp3) is 0.727. The van der Waals surface area contributed by atoms with Gasteiger partial charge in [0.25, 0.3) is 0 Å². The number of carbonyl (C=O) groups is 1. The van der Waals surface area contributed by atoms with Crippen LogP contribution >= 0.6 is 0 Å². The van der Waals surface area contributed by atoms with Gasteiger partial charge in [-0.1, -0.05) is 12.8 Å². The van der Waals surface area contributed by atoms with E-state index < -0.39 is 0 Å². The molecular formula is C11H18N2O. The second-order valence-electron chi connectivity index (χ2n) is 3.91. The maximum absolute atomic E-state index is 11.4. The summed E-state index contributed by atoms with van der Waals surface area (Å²) in [5.41, 5.74) is 0. The van der Waals surface area contributed by atoms with Crippen LogP contribution in [0, 0.1) is 12.3 Å². The maximum atomic E-state index is 11.4. The van der Waals surface area contributed by atoms with E-state index in [1.807, 2.05) is 6.92 Å². The molecule has 14 heavy (non-hydrogen) atoms. The lowest BCUT2D eigenvalue weighted by molar-refractivity contribution is 0.234. The quantitative estimate of drug-likeness (QED) is 0.659. The summed E-state index contributed by atoms with van der Waals surface area (Å²) < 4.78 is 0. The van der Waals surface area contributed by atoms with E-state index in [1.165, 1.54) is 12.8 Å². The number of amides is 2. The molecule has 1 rings (SSSR count). The van der Waals surface area contributed by atoms with Crippen molar-refractivity contribution in [2.75, 3.05) is 0 Å². The average Bonchev–Trinajstić information content (AvgIpc) is 2.56. The lowest BCUT2D eigenvalue weighted by Crippen LogP contribution is -2.44. The normalized spacial score (nSPS) is 18.6. The van der Waals surface area contributed by atoms with Crippen molar-refractivity contribution in [2.45, 2.75) is 51.1 Å². The van der Waals surface area contributed by atoms with E-state index in [-0.39, 0.29) is 12.1 Å². The topological polar surface area (TPSA) is 41.1 Å². The maximum Gasteiger partial charge on any atom is 0.315 e. The summed E-state index contributed by atoms with van der Waals surface area (Å²) in [5, 5.41) is 5.76. The van der Waals surface area contributed by atoms with Gasteiger partial charge in [-0.05, 0) is 19.8 Å². The fourth-order valence-corrected chi connectivity index (χ4v) is 1.75. The lowest BCUT2D eigenvalue weighted by atomic mass is 10.2. The molecule has 1 unspecified atom stereocenters. The van der Waals surface area contributed by atoms with Crippen molar-refractivity contribution < 1.29 is 4.79 Å². The fourth-order valence-electron chi connectivity index (χ4n) is 1.75. The highest BCUT2D eigenvalue weighted by molar-refractivity contribution is 5.74. The van der Waals surface area contributed by atoms with Crippen LogP contribution < -0.4 is 10.6 Å². The van der Waals surface area contributed by atoms with E-state index in [0.29, 0.717) is 12.5 Å². The molecule has 0 aromatic heterocycles. The molecule has 0 aromatic carbocycles. The van der Waals surface area contributed by atoms with Gasteiger partial charge < -0.3 is 10.6 Å². The number of urea groups is 1. The Kier molecular flexibility index (Phi) is 4.31. The smallest absolute Gasteiger partial charge is 0.315 e. The molecule has 3 heteroatoms. The van der Waals surface area contributed by atoms with Gasteiger partial charge in [0.05, 0.1) is 0 Å². The summed E-state index contributed by atoms with van der Waals surface area (Å²) >= 11 is 0. The molecule has 0 heterocycles. The Balaban J connectivity index is 2.18. The van der Waals surface area contributed by atoms with Crippen molar-refractivity contribution in [3.05, 3.63) is 0 Å². The van der Waals surface area contributed by atoms with Gasteiger partial charge in [-0.25, -0.2) is 4.79 Å². The third-order valence-electron chi connectivity index (χ3n) is 2.49. The van der Waals surface area contributed by atoms with Crippen molar-refractivity contribution >= 4 is 6.03 Å². The summed E-state index contributed by atoms with van der Waals surface area (Å²) in [6.07, 6.45) is 10.4. The van der Waals surface area contributed by atoms with Crippen LogP contribution in [0.25, 0.3) is 0 Å². The molecular weight excluding hydrogens is 176 g/mol. The molecule has 0 spiro atoms. The molecule has 0 bridgehead atoms. The van der Waals surface area contributed by atoms with Crippen LogP contribution in [0.1, 0.15) is 39.0 Å². The van der Waals surface area contributed by atoms with Crippen molar-refractivity contribution in [3.8, 4) is 12.3 Å². The highest BCUT2D eigenvalue weighted by Gasteiger charge is 2.17. The molecule has 0 aromatic rings. The van der Waals surface area contributed by atoms with Crippen LogP contribution in [0.15, 0.2) is 0 Å². The standard InChI is InChI=1S/C11H18N2O/c1-3-6-9(2)12-11(14)13-10-7-4-5-8-10/h1,9-10H,4-8H2,2H3,(H2,12,13,14). The number of nitrogens with one attached hydrogen (secondary N) is 2. The van der Waals surface area contributed by atoms with Crippen molar-refractivity contribution in [1.29, 1.82) is 0 Å². The van der Waals surface area contributed by atoms with Crippen LogP contribution in [0.3, 0.4) is 0 Å². The second kappa shape index (κ2) is 5.54. The van der Waals surface area contributed by atoms with Gasteiger partial charge in [0, 0.05) is 18.5 Å². The minimum atomic E-state index is -0.0837. The molecule has 1 aliphatic carbocycles. The van der Waals surface area contributed by atoms with Gasteiger partial charge >= 0.3 is 6.03 Å². The zero-order chi connectivity index (χ0) is 10.4. The van der Waals surface area contributed by atoms with Gasteiger partial charge in [-0.15, -0.1) is 12.3 Å². The number of hydrogen-bond acceptors (Lipinski definition) is 1. The molecule has 78 valence electrons. The molecule has 2 amide bonds. The average molecular weight is 194 g/mol. The van der Waals surface area contributed by atoms with Gasteiger partial charge in [0.1, 0.15) is 0 Å². The first-order chi connectivity index (χ1) is 6.72. The molecule has 1 aliphatic rings. The van der Waals surface area contributed by atoms with E-state index >= 15 is 0 Å². The van der Waals surface area contributed by atoms with E-state index in [4.69, 9.17) is 6.42 Å². The summed E-state index contributed by atoms with van der Waals surface area (Å²) in [7, 11) is 0. The first-order valence-electron chi connectivity index (χ1n) is 5.23. The molecule has 3 nitrogen and oxygen atoms in total. The largest absolute Gasteiger partial charge is 0.335 e. The van der Waals surface area contributed by atoms with E-state index in [9.17, 15) is 4.79 Å². The second-order valence-corrected chi connectivity index (χ2v) is 3.91. The molecule has 0 saturated heterocycles. The summed E-state index contributed by atoms with van der Waals surface area (Å²) in [6.45, 7) is 1.91. The number of terminal acetylenes is 1. The zero-order valence-electron chi connectivity index (χ0n) is 8.68. The predicted molar refractivity (Wildman–Crippen MR) is 56.8 cm³/mol. The third-order valence-corrected chi connectivity index (χ3v) is 2.49. The summed E-state index contributed by atoms with van der Waals surface area (Å²) in [6, 6.07) is 0.342. The van der Waals surface area contributed by atoms with E-state index in [2.05, 4.69) is 16.6 Å². The Morgan fingerprint density at radius 1 is 1.57 bits per heavy atom. The van der Waals surface area contributed by atoms with Gasteiger partial charge in [-0.2, -0.15) is 0 Å². The Morgan fingerprint density at radius 3 is 2.79 bits per heavy atom. The first kappa shape index (κ1) is 10.9. The van der Waals surface area contributed by atoms with E-state index in [1.54, 1.807) is 0 Å². The highest BCUT2D eigenvalue weighted by atomic mass is 16.2. The van der Waals surface area contributed by atoms with Crippen molar-refractivity contribution in [1.82, 2.24) is 10.6 Å². The first-order valence-corrected chi connectivity index (χ1v) is 5.23. The molecule has 2 N–H and O–H groups in total. The van der Waals surface area contributed by atoms with Crippen LogP contribution in [-0.4, -0.2) is 18.1 Å². The Labute approximate surface area is 85.6 Å². The summed E-state index contributed by atoms with van der Waals surface area (Å²) in [5.74, 6) is 2.52. The Hall–Kier alpha value is -1.17. The number of carbonyl (C=O) groups excluding carboxylic acids is 1. The molecule has 1 atom stereocenters. The highest BCUT2D eigenvalue weighted by Crippen LogP contribution is 2.17. The van der Waals surface area contributed by atoms with Crippen LogP contribution in [0.2, 0.25) is 0 Å². The van der Waals surface area contributed by atoms with Crippen LogP contribution in [-0.2, 0) is 0 Å². The molecule has 1 fully saturated rings. The molecule has 1 saturated carbocycles. The van der Waals surface area contributed by atoms with Gasteiger partial charge in [-0.3, -0.25) is 0 Å². The predicted octanol–water partition coefficient (Wildman–Crippen LogP) is 1.64. The Bertz CT molecular complexity index is 226.